The highest BCUT2D eigenvalue weighted by Crippen LogP contribution is 2.39. The Labute approximate surface area is 115 Å². The van der Waals surface area contributed by atoms with Gasteiger partial charge in [-0.3, -0.25) is 0 Å². The van der Waals surface area contributed by atoms with Gasteiger partial charge in [0, 0.05) is 11.5 Å². The zero-order valence-corrected chi connectivity index (χ0v) is 12.6. The summed E-state index contributed by atoms with van der Waals surface area (Å²) < 4.78 is 6.15. The third-order valence-electron chi connectivity index (χ3n) is 3.87. The molecule has 0 aromatic carbocycles. The Kier molecular flexibility index (Phi) is 4.82. The van der Waals surface area contributed by atoms with Gasteiger partial charge in [0.15, 0.2) is 0 Å². The van der Waals surface area contributed by atoms with Crippen molar-refractivity contribution in [2.24, 2.45) is 0 Å². The van der Waals surface area contributed by atoms with Crippen molar-refractivity contribution in [1.29, 1.82) is 0 Å². The van der Waals surface area contributed by atoms with E-state index in [0.29, 0.717) is 6.04 Å². The molecule has 1 aliphatic rings. The van der Waals surface area contributed by atoms with Crippen molar-refractivity contribution in [3.05, 3.63) is 21.9 Å². The van der Waals surface area contributed by atoms with Gasteiger partial charge in [-0.05, 0) is 63.1 Å². The Morgan fingerprint density at radius 3 is 2.89 bits per heavy atom. The topological polar surface area (TPSA) is 21.3 Å². The number of nitrogens with one attached hydrogen (secondary N) is 1. The summed E-state index contributed by atoms with van der Waals surface area (Å²) in [5, 5.41) is 5.90. The van der Waals surface area contributed by atoms with E-state index in [1.807, 2.05) is 11.3 Å². The van der Waals surface area contributed by atoms with E-state index in [1.165, 1.54) is 23.3 Å². The number of hydrogen-bond acceptors (Lipinski definition) is 3. The molecular weight excluding hydrogens is 242 g/mol. The van der Waals surface area contributed by atoms with Crippen LogP contribution in [-0.4, -0.2) is 18.8 Å². The summed E-state index contributed by atoms with van der Waals surface area (Å²) >= 11 is 1.86. The van der Waals surface area contributed by atoms with Gasteiger partial charge in [-0.25, -0.2) is 0 Å². The Morgan fingerprint density at radius 1 is 1.50 bits per heavy atom. The Morgan fingerprint density at radius 2 is 2.33 bits per heavy atom. The van der Waals surface area contributed by atoms with Gasteiger partial charge in [-0.2, -0.15) is 0 Å². The zero-order chi connectivity index (χ0) is 13.0. The number of aryl methyl sites for hydroxylation is 1. The average molecular weight is 267 g/mol. The van der Waals surface area contributed by atoms with Crippen LogP contribution in [0.4, 0.5) is 0 Å². The second-order valence-corrected chi connectivity index (χ2v) is 6.42. The Balaban J connectivity index is 2.21. The predicted molar refractivity (Wildman–Crippen MR) is 78.3 cm³/mol. The lowest BCUT2D eigenvalue weighted by molar-refractivity contribution is -0.0891. The fraction of sp³-hybridized carbons (Fsp3) is 0.733. The maximum absolute atomic E-state index is 6.15. The lowest BCUT2D eigenvalue weighted by Crippen LogP contribution is -2.46. The highest BCUT2D eigenvalue weighted by atomic mass is 32.1. The summed E-state index contributed by atoms with van der Waals surface area (Å²) in [5.41, 5.74) is 1.35. The van der Waals surface area contributed by atoms with Gasteiger partial charge >= 0.3 is 0 Å². The first-order chi connectivity index (χ1) is 8.67. The molecule has 3 heteroatoms. The third-order valence-corrected chi connectivity index (χ3v) is 4.96. The molecule has 0 radical (unpaired) electrons. The second-order valence-electron chi connectivity index (χ2n) is 5.47. The van der Waals surface area contributed by atoms with Crippen molar-refractivity contribution in [1.82, 2.24) is 5.32 Å². The summed E-state index contributed by atoms with van der Waals surface area (Å²) in [6.07, 6.45) is 4.81. The molecule has 1 aromatic heterocycles. The molecular formula is C15H25NOS. The van der Waals surface area contributed by atoms with Gasteiger partial charge in [-0.15, -0.1) is 11.3 Å². The second kappa shape index (κ2) is 6.18. The van der Waals surface area contributed by atoms with Gasteiger partial charge in [0.2, 0.25) is 0 Å². The van der Waals surface area contributed by atoms with Crippen molar-refractivity contribution in [2.45, 2.75) is 58.1 Å². The molecule has 2 rings (SSSR count). The van der Waals surface area contributed by atoms with Crippen LogP contribution in [0.25, 0.3) is 0 Å². The van der Waals surface area contributed by atoms with E-state index >= 15 is 0 Å². The molecule has 1 aromatic rings. The van der Waals surface area contributed by atoms with Crippen molar-refractivity contribution < 1.29 is 4.74 Å². The van der Waals surface area contributed by atoms with Crippen LogP contribution in [0.3, 0.4) is 0 Å². The third kappa shape index (κ3) is 2.95. The fourth-order valence-electron chi connectivity index (χ4n) is 2.74. The molecule has 1 N–H and O–H groups in total. The molecule has 2 atom stereocenters. The smallest absolute Gasteiger partial charge is 0.0856 e. The zero-order valence-electron chi connectivity index (χ0n) is 11.8. The average Bonchev–Trinajstić information content (AvgIpc) is 2.77. The highest BCUT2D eigenvalue weighted by molar-refractivity contribution is 7.10. The summed E-state index contributed by atoms with van der Waals surface area (Å²) in [5.74, 6) is 0. The van der Waals surface area contributed by atoms with E-state index in [9.17, 15) is 0 Å². The van der Waals surface area contributed by atoms with Gasteiger partial charge in [0.1, 0.15) is 0 Å². The molecule has 2 heterocycles. The minimum Gasteiger partial charge on any atom is -0.373 e. The largest absolute Gasteiger partial charge is 0.373 e. The number of rotatable bonds is 5. The van der Waals surface area contributed by atoms with E-state index in [-0.39, 0.29) is 5.60 Å². The van der Waals surface area contributed by atoms with Gasteiger partial charge in [-0.1, -0.05) is 6.92 Å². The molecule has 0 bridgehead atoms. The SMILES string of the molecule is CCCNC(c1sccc1C)C1(C)CCCCO1. The Bertz CT molecular complexity index is 368. The van der Waals surface area contributed by atoms with Crippen LogP contribution >= 0.6 is 11.3 Å². The van der Waals surface area contributed by atoms with E-state index in [0.717, 1.165) is 26.0 Å². The molecule has 102 valence electrons. The molecule has 0 spiro atoms. The number of hydrogen-bond donors (Lipinski definition) is 1. The van der Waals surface area contributed by atoms with Crippen molar-refractivity contribution >= 4 is 11.3 Å². The molecule has 2 unspecified atom stereocenters. The van der Waals surface area contributed by atoms with Crippen molar-refractivity contribution in [3.63, 3.8) is 0 Å². The summed E-state index contributed by atoms with van der Waals surface area (Å²) in [6, 6.07) is 2.56. The number of thiophene rings is 1. The summed E-state index contributed by atoms with van der Waals surface area (Å²) in [4.78, 5) is 1.45. The maximum Gasteiger partial charge on any atom is 0.0856 e. The molecule has 0 aliphatic carbocycles. The Hall–Kier alpha value is -0.380. The normalized spacial score (nSPS) is 26.2. The first kappa shape index (κ1) is 14.0. The maximum atomic E-state index is 6.15. The molecule has 1 fully saturated rings. The van der Waals surface area contributed by atoms with E-state index in [1.54, 1.807) is 0 Å². The van der Waals surface area contributed by atoms with Crippen LogP contribution in [-0.2, 0) is 4.74 Å². The lowest BCUT2D eigenvalue weighted by Gasteiger charge is -2.41. The minimum atomic E-state index is -0.0387. The number of ether oxygens (including phenoxy) is 1. The van der Waals surface area contributed by atoms with Gasteiger partial charge in [0.05, 0.1) is 11.6 Å². The van der Waals surface area contributed by atoms with Crippen molar-refractivity contribution in [3.8, 4) is 0 Å². The predicted octanol–water partition coefficient (Wildman–Crippen LogP) is 4.06. The van der Waals surface area contributed by atoms with Crippen LogP contribution in [0.1, 0.15) is 56.0 Å². The first-order valence-electron chi connectivity index (χ1n) is 7.08. The standard InChI is InChI=1S/C15H25NOS/c1-4-9-16-14(13-12(2)7-11-18-13)15(3)8-5-6-10-17-15/h7,11,14,16H,4-6,8-10H2,1-3H3. The molecule has 18 heavy (non-hydrogen) atoms. The molecule has 1 aliphatic heterocycles. The van der Waals surface area contributed by atoms with Crippen LogP contribution in [0.15, 0.2) is 11.4 Å². The first-order valence-corrected chi connectivity index (χ1v) is 7.96. The van der Waals surface area contributed by atoms with Gasteiger partial charge in [0.25, 0.3) is 0 Å². The molecule has 0 saturated carbocycles. The minimum absolute atomic E-state index is 0.0387. The highest BCUT2D eigenvalue weighted by Gasteiger charge is 2.38. The van der Waals surface area contributed by atoms with Gasteiger partial charge < -0.3 is 10.1 Å². The summed E-state index contributed by atoms with van der Waals surface area (Å²) in [7, 11) is 0. The fourth-order valence-corrected chi connectivity index (χ4v) is 3.88. The van der Waals surface area contributed by atoms with Crippen LogP contribution < -0.4 is 5.32 Å². The molecule has 1 saturated heterocycles. The van der Waals surface area contributed by atoms with Crippen LogP contribution in [0, 0.1) is 6.92 Å². The monoisotopic (exact) mass is 267 g/mol. The molecule has 0 amide bonds. The molecule has 2 nitrogen and oxygen atoms in total. The quantitative estimate of drug-likeness (QED) is 0.869. The lowest BCUT2D eigenvalue weighted by atomic mass is 9.86. The van der Waals surface area contributed by atoms with E-state index in [4.69, 9.17) is 4.74 Å². The van der Waals surface area contributed by atoms with E-state index < -0.39 is 0 Å². The van der Waals surface area contributed by atoms with E-state index in [2.05, 4.69) is 37.5 Å². The van der Waals surface area contributed by atoms with Crippen LogP contribution in [0.2, 0.25) is 0 Å². The summed E-state index contributed by atoms with van der Waals surface area (Å²) in [6.45, 7) is 8.67. The van der Waals surface area contributed by atoms with Crippen LogP contribution in [0.5, 0.6) is 0 Å². The van der Waals surface area contributed by atoms with Crippen molar-refractivity contribution in [2.75, 3.05) is 13.2 Å².